The predicted molar refractivity (Wildman–Crippen MR) is 76.6 cm³/mol. The molecule has 2 heterocycles. The number of hydrogen-bond acceptors (Lipinski definition) is 2. The van der Waals surface area contributed by atoms with Gasteiger partial charge in [0.05, 0.1) is 0 Å². The fraction of sp³-hybridized carbons (Fsp3) is 0.714. The quantitative estimate of drug-likeness (QED) is 0.706. The third kappa shape index (κ3) is 7.86. The minimum Gasteiger partial charge on any atom is -0.340 e. The van der Waals surface area contributed by atoms with Crippen molar-refractivity contribution in [2.75, 3.05) is 26.0 Å². The highest BCUT2D eigenvalue weighted by molar-refractivity contribution is 5.06. The lowest BCUT2D eigenvalue weighted by Gasteiger charge is -2.26. The molecule has 1 saturated heterocycles. The zero-order valence-electron chi connectivity index (χ0n) is 12.1. The second-order valence-electron chi connectivity index (χ2n) is 4.62. The Morgan fingerprint density at radius 3 is 2.00 bits per heavy atom. The number of hydrogen-bond donors (Lipinski definition) is 1. The first-order valence-corrected chi connectivity index (χ1v) is 6.66. The molecule has 0 aliphatic carbocycles. The molecule has 0 saturated carbocycles. The molecule has 0 radical (unpaired) electrons. The van der Waals surface area contributed by atoms with Gasteiger partial charge in [-0.1, -0.05) is 20.8 Å². The van der Waals surface area contributed by atoms with Crippen LogP contribution in [0.25, 0.3) is 0 Å². The molecule has 2 rings (SSSR count). The highest BCUT2D eigenvalue weighted by Gasteiger charge is 2.10. The van der Waals surface area contributed by atoms with Gasteiger partial charge in [-0.05, 0) is 57.5 Å². The Morgan fingerprint density at radius 2 is 1.76 bits per heavy atom. The van der Waals surface area contributed by atoms with Crippen molar-refractivity contribution in [2.24, 2.45) is 5.92 Å². The molecule has 1 fully saturated rings. The van der Waals surface area contributed by atoms with Crippen LogP contribution in [0.15, 0.2) is 18.5 Å². The Kier molecular flexibility index (Phi) is 8.60. The van der Waals surface area contributed by atoms with Crippen molar-refractivity contribution in [1.82, 2.24) is 9.58 Å². The number of aryl methyl sites for hydroxylation is 1. The molecular weight excluding hydrogens is 210 g/mol. The first-order chi connectivity index (χ1) is 8.08. The van der Waals surface area contributed by atoms with Gasteiger partial charge in [-0.15, -0.1) is 0 Å². The molecule has 0 spiro atoms. The van der Waals surface area contributed by atoms with Gasteiger partial charge in [0.15, 0.2) is 0 Å². The maximum atomic E-state index is 5.30. The third-order valence-corrected chi connectivity index (χ3v) is 2.87. The van der Waals surface area contributed by atoms with Gasteiger partial charge < -0.3 is 10.7 Å². The van der Waals surface area contributed by atoms with E-state index in [0.717, 1.165) is 5.92 Å². The second kappa shape index (κ2) is 9.11. The lowest BCUT2D eigenvalue weighted by molar-refractivity contribution is 0.230. The van der Waals surface area contributed by atoms with Crippen molar-refractivity contribution in [3.8, 4) is 0 Å². The lowest BCUT2D eigenvalue weighted by Crippen LogP contribution is -2.28. The molecular formula is C14H29N3. The van der Waals surface area contributed by atoms with Crippen molar-refractivity contribution in [2.45, 2.75) is 40.5 Å². The summed E-state index contributed by atoms with van der Waals surface area (Å²) in [5.41, 5.74) is 1.20. The van der Waals surface area contributed by atoms with Gasteiger partial charge >= 0.3 is 0 Å². The van der Waals surface area contributed by atoms with Crippen LogP contribution in [0.5, 0.6) is 0 Å². The zero-order chi connectivity index (χ0) is 13.3. The minimum atomic E-state index is 0.978. The molecule has 3 nitrogen and oxygen atoms in total. The third-order valence-electron chi connectivity index (χ3n) is 2.87. The van der Waals surface area contributed by atoms with Gasteiger partial charge in [-0.3, -0.25) is 4.68 Å². The molecule has 0 atom stereocenters. The van der Waals surface area contributed by atoms with Crippen molar-refractivity contribution in [1.29, 1.82) is 0 Å². The maximum absolute atomic E-state index is 5.30. The Hall–Kier alpha value is -0.960. The van der Waals surface area contributed by atoms with E-state index < -0.39 is 0 Å². The summed E-state index contributed by atoms with van der Waals surface area (Å²) in [5.74, 6) is 6.27. The number of nitrogen functional groups attached to an aromatic ring is 1. The van der Waals surface area contributed by atoms with Crippen molar-refractivity contribution < 1.29 is 0 Å². The molecule has 1 aromatic heterocycles. The highest BCUT2D eigenvalue weighted by Crippen LogP contribution is 2.13. The molecule has 1 aliphatic rings. The van der Waals surface area contributed by atoms with Gasteiger partial charge in [-0.2, -0.15) is 0 Å². The summed E-state index contributed by atoms with van der Waals surface area (Å²) in [6.07, 6.45) is 6.47. The van der Waals surface area contributed by atoms with Crippen LogP contribution in [0.4, 0.5) is 0 Å². The Morgan fingerprint density at radius 1 is 1.24 bits per heavy atom. The van der Waals surface area contributed by atoms with Crippen molar-refractivity contribution in [3.05, 3.63) is 24.0 Å². The largest absolute Gasteiger partial charge is 0.340 e. The van der Waals surface area contributed by atoms with E-state index in [9.17, 15) is 0 Å². The first kappa shape index (κ1) is 16.0. The molecule has 17 heavy (non-hydrogen) atoms. The van der Waals surface area contributed by atoms with E-state index in [4.69, 9.17) is 5.84 Å². The van der Waals surface area contributed by atoms with E-state index in [1.165, 1.54) is 36.2 Å². The summed E-state index contributed by atoms with van der Waals surface area (Å²) < 4.78 is 1.54. The molecule has 3 heteroatoms. The standard InChI is InChI=1S/C7H15N.C5H8N2.C2H6/c1-7-3-5-8(2)6-4-7;1-5-2-3-7(6)4-5;1-2/h7H,3-6H2,1-2H3;2-4H,6H2,1H3;1-2H3. The molecule has 0 bridgehead atoms. The number of piperidine rings is 1. The SMILES string of the molecule is CC.CC1CCN(C)CC1.Cc1ccn(N)c1. The Labute approximate surface area is 107 Å². The summed E-state index contributed by atoms with van der Waals surface area (Å²) in [6, 6.07) is 1.96. The van der Waals surface area contributed by atoms with Crippen LogP contribution in [0.2, 0.25) is 0 Å². The monoisotopic (exact) mass is 239 g/mol. The predicted octanol–water partition coefficient (Wildman–Crippen LogP) is 2.88. The average Bonchev–Trinajstić information content (AvgIpc) is 2.70. The zero-order valence-corrected chi connectivity index (χ0v) is 12.1. The van der Waals surface area contributed by atoms with Crippen LogP contribution >= 0.6 is 0 Å². The summed E-state index contributed by atoms with van der Waals surface area (Å²) in [4.78, 5) is 2.40. The number of aromatic nitrogens is 1. The highest BCUT2D eigenvalue weighted by atomic mass is 15.3. The fourth-order valence-corrected chi connectivity index (χ4v) is 1.66. The first-order valence-electron chi connectivity index (χ1n) is 6.66. The van der Waals surface area contributed by atoms with Crippen molar-refractivity contribution >= 4 is 0 Å². The summed E-state index contributed by atoms with van der Waals surface area (Å²) in [5, 5.41) is 0. The van der Waals surface area contributed by atoms with Gasteiger partial charge in [0.2, 0.25) is 0 Å². The summed E-state index contributed by atoms with van der Waals surface area (Å²) in [6.45, 7) is 11.0. The van der Waals surface area contributed by atoms with Crippen LogP contribution < -0.4 is 5.84 Å². The van der Waals surface area contributed by atoms with Crippen LogP contribution in [-0.4, -0.2) is 29.7 Å². The molecule has 0 aromatic carbocycles. The summed E-state index contributed by atoms with van der Waals surface area (Å²) >= 11 is 0. The van der Waals surface area contributed by atoms with E-state index in [2.05, 4.69) is 18.9 Å². The molecule has 0 amide bonds. The van der Waals surface area contributed by atoms with Crippen LogP contribution in [0, 0.1) is 12.8 Å². The van der Waals surface area contributed by atoms with E-state index in [-0.39, 0.29) is 0 Å². The fourth-order valence-electron chi connectivity index (χ4n) is 1.66. The number of nitrogens with zero attached hydrogens (tertiary/aromatic N) is 2. The number of rotatable bonds is 0. The second-order valence-corrected chi connectivity index (χ2v) is 4.62. The molecule has 1 aromatic rings. The van der Waals surface area contributed by atoms with Gasteiger partial charge in [0.1, 0.15) is 0 Å². The lowest BCUT2D eigenvalue weighted by atomic mass is 10.00. The molecule has 0 unspecified atom stereocenters. The van der Waals surface area contributed by atoms with Gasteiger partial charge in [-0.25, -0.2) is 0 Å². The Balaban J connectivity index is 0.000000265. The number of nitrogens with two attached hydrogens (primary N) is 1. The van der Waals surface area contributed by atoms with Crippen LogP contribution in [-0.2, 0) is 0 Å². The number of likely N-dealkylation sites (tertiary alicyclic amines) is 1. The van der Waals surface area contributed by atoms with Crippen LogP contribution in [0.1, 0.15) is 39.2 Å². The normalized spacial score (nSPS) is 16.5. The average molecular weight is 239 g/mol. The molecule has 1 aliphatic heterocycles. The molecule has 100 valence electrons. The smallest absolute Gasteiger partial charge is 0.0285 e. The van der Waals surface area contributed by atoms with Gasteiger partial charge in [0, 0.05) is 12.4 Å². The topological polar surface area (TPSA) is 34.2 Å². The van der Waals surface area contributed by atoms with E-state index in [1.54, 1.807) is 0 Å². The molecule has 2 N–H and O–H groups in total. The van der Waals surface area contributed by atoms with E-state index in [0.29, 0.717) is 0 Å². The van der Waals surface area contributed by atoms with E-state index in [1.807, 2.05) is 39.2 Å². The van der Waals surface area contributed by atoms with Gasteiger partial charge in [0.25, 0.3) is 0 Å². The Bertz CT molecular complexity index is 246. The summed E-state index contributed by atoms with van der Waals surface area (Å²) in [7, 11) is 2.20. The minimum absolute atomic E-state index is 0.978. The maximum Gasteiger partial charge on any atom is 0.0285 e. The van der Waals surface area contributed by atoms with Crippen LogP contribution in [0.3, 0.4) is 0 Å². The van der Waals surface area contributed by atoms with E-state index >= 15 is 0 Å². The van der Waals surface area contributed by atoms with Crippen molar-refractivity contribution in [3.63, 3.8) is 0 Å².